The van der Waals surface area contributed by atoms with Crippen molar-refractivity contribution in [1.29, 1.82) is 0 Å². The van der Waals surface area contributed by atoms with Gasteiger partial charge in [-0.25, -0.2) is 14.8 Å². The molecule has 0 unspecified atom stereocenters. The van der Waals surface area contributed by atoms with Gasteiger partial charge in [0.05, 0.1) is 11.7 Å². The molecule has 0 spiro atoms. The van der Waals surface area contributed by atoms with Crippen LogP contribution in [0.2, 0.25) is 0 Å². The van der Waals surface area contributed by atoms with Gasteiger partial charge in [-0.1, -0.05) is 31.0 Å². The molecule has 29 heavy (non-hydrogen) atoms. The summed E-state index contributed by atoms with van der Waals surface area (Å²) >= 11 is 0. The zero-order valence-electron chi connectivity index (χ0n) is 16.5. The second-order valence-electron chi connectivity index (χ2n) is 7.83. The standard InChI is InChI=1S/C22H23N5O2/c1-3-15-12-25(22(28)29)13-17(15)19-10-23-20-11-24-21-18(27(19)20)8-9-26(21)16-6-4-14(2)5-7-16/h4-11,15,17H,3,12-13H2,1-2H3,(H,28,29)/t15-,17+/m1/s1. The van der Waals surface area contributed by atoms with Gasteiger partial charge in [-0.2, -0.15) is 0 Å². The first-order valence-electron chi connectivity index (χ1n) is 9.95. The van der Waals surface area contributed by atoms with Crippen LogP contribution < -0.4 is 0 Å². The molecule has 1 aliphatic heterocycles. The summed E-state index contributed by atoms with van der Waals surface area (Å²) < 4.78 is 4.22. The van der Waals surface area contributed by atoms with E-state index >= 15 is 0 Å². The molecule has 1 saturated heterocycles. The van der Waals surface area contributed by atoms with Crippen LogP contribution in [0.5, 0.6) is 0 Å². The van der Waals surface area contributed by atoms with E-state index in [1.54, 1.807) is 6.20 Å². The van der Waals surface area contributed by atoms with Crippen LogP contribution in [-0.2, 0) is 0 Å². The SMILES string of the molecule is CC[C@@H]1CN(C(=O)O)C[C@@H]1c1cnc2cnc3c(ccn3-c3ccc(C)cc3)n12. The molecule has 0 saturated carbocycles. The number of benzene rings is 1. The molecule has 7 nitrogen and oxygen atoms in total. The first kappa shape index (κ1) is 17.7. The molecule has 1 aromatic carbocycles. The van der Waals surface area contributed by atoms with Crippen molar-refractivity contribution in [3.63, 3.8) is 0 Å². The summed E-state index contributed by atoms with van der Waals surface area (Å²) in [5.74, 6) is 0.410. The highest BCUT2D eigenvalue weighted by Gasteiger charge is 2.37. The third-order valence-corrected chi connectivity index (χ3v) is 6.13. The average Bonchev–Trinajstić information content (AvgIpc) is 3.43. The maximum absolute atomic E-state index is 11.5. The van der Waals surface area contributed by atoms with Crippen LogP contribution in [0.4, 0.5) is 4.79 Å². The molecule has 3 aromatic heterocycles. The molecule has 2 atom stereocenters. The minimum atomic E-state index is -0.850. The first-order chi connectivity index (χ1) is 14.1. The predicted molar refractivity (Wildman–Crippen MR) is 111 cm³/mol. The summed E-state index contributed by atoms with van der Waals surface area (Å²) in [6, 6.07) is 10.4. The highest BCUT2D eigenvalue weighted by molar-refractivity contribution is 5.77. The Hall–Kier alpha value is -3.35. The Kier molecular flexibility index (Phi) is 4.04. The fraction of sp³-hybridized carbons (Fsp3) is 0.318. The third-order valence-electron chi connectivity index (χ3n) is 6.13. The van der Waals surface area contributed by atoms with Crippen LogP contribution in [0.25, 0.3) is 22.5 Å². The summed E-state index contributed by atoms with van der Waals surface area (Å²) in [6.45, 7) is 5.27. The van der Waals surface area contributed by atoms with E-state index in [0.29, 0.717) is 13.1 Å². The lowest BCUT2D eigenvalue weighted by molar-refractivity contribution is 0.153. The largest absolute Gasteiger partial charge is 0.465 e. The highest BCUT2D eigenvalue weighted by Crippen LogP contribution is 2.36. The van der Waals surface area contributed by atoms with E-state index in [1.165, 1.54) is 10.5 Å². The second-order valence-corrected chi connectivity index (χ2v) is 7.83. The zero-order chi connectivity index (χ0) is 20.1. The Labute approximate surface area is 168 Å². The number of rotatable bonds is 3. The van der Waals surface area contributed by atoms with E-state index in [2.05, 4.69) is 63.1 Å². The first-order valence-corrected chi connectivity index (χ1v) is 9.95. The molecule has 0 bridgehead atoms. The van der Waals surface area contributed by atoms with E-state index < -0.39 is 6.09 Å². The molecule has 1 fully saturated rings. The van der Waals surface area contributed by atoms with Crippen LogP contribution in [0.15, 0.2) is 48.9 Å². The third kappa shape index (κ3) is 2.76. The van der Waals surface area contributed by atoms with Crippen molar-refractivity contribution >= 4 is 22.9 Å². The van der Waals surface area contributed by atoms with Gasteiger partial charge in [-0.3, -0.25) is 4.40 Å². The number of nitrogens with zero attached hydrogens (tertiary/aromatic N) is 5. The van der Waals surface area contributed by atoms with Gasteiger partial charge in [0, 0.05) is 42.8 Å². The Bertz CT molecular complexity index is 1210. The molecule has 148 valence electrons. The predicted octanol–water partition coefficient (Wildman–Crippen LogP) is 4.09. The molecule has 7 heteroatoms. The molecular formula is C22H23N5O2. The lowest BCUT2D eigenvalue weighted by Crippen LogP contribution is -2.26. The van der Waals surface area contributed by atoms with Gasteiger partial charge in [0.1, 0.15) is 0 Å². The van der Waals surface area contributed by atoms with Crippen LogP contribution in [0.3, 0.4) is 0 Å². The van der Waals surface area contributed by atoms with E-state index in [0.717, 1.165) is 34.6 Å². The number of aromatic nitrogens is 4. The number of fused-ring (bicyclic) bond motifs is 3. The quantitative estimate of drug-likeness (QED) is 0.573. The lowest BCUT2D eigenvalue weighted by Gasteiger charge is -2.16. The number of carbonyl (C=O) groups is 1. The van der Waals surface area contributed by atoms with Gasteiger partial charge in [-0.05, 0) is 31.0 Å². The minimum absolute atomic E-state index is 0.124. The van der Waals surface area contributed by atoms with Crippen molar-refractivity contribution in [3.8, 4) is 5.69 Å². The second kappa shape index (κ2) is 6.62. The number of imidazole rings is 1. The van der Waals surface area contributed by atoms with E-state index in [4.69, 9.17) is 0 Å². The molecule has 0 aliphatic carbocycles. The normalized spacial score (nSPS) is 19.4. The summed E-state index contributed by atoms with van der Waals surface area (Å²) in [6.07, 6.45) is 5.79. The maximum Gasteiger partial charge on any atom is 0.407 e. The number of amides is 1. The summed E-state index contributed by atoms with van der Waals surface area (Å²) in [5.41, 5.74) is 5.97. The van der Waals surface area contributed by atoms with Gasteiger partial charge < -0.3 is 14.6 Å². The smallest absolute Gasteiger partial charge is 0.407 e. The van der Waals surface area contributed by atoms with Crippen molar-refractivity contribution < 1.29 is 9.90 Å². The van der Waals surface area contributed by atoms with Crippen molar-refractivity contribution in [1.82, 2.24) is 23.8 Å². The number of likely N-dealkylation sites (tertiary alicyclic amines) is 1. The van der Waals surface area contributed by atoms with Crippen LogP contribution in [0, 0.1) is 12.8 Å². The van der Waals surface area contributed by atoms with Crippen molar-refractivity contribution in [2.45, 2.75) is 26.2 Å². The number of aryl methyl sites for hydroxylation is 1. The number of hydrogen-bond acceptors (Lipinski definition) is 3. The molecule has 1 aliphatic rings. The summed E-state index contributed by atoms with van der Waals surface area (Å²) in [4.78, 5) is 22.3. The van der Waals surface area contributed by atoms with Crippen molar-refractivity contribution in [2.75, 3.05) is 13.1 Å². The maximum atomic E-state index is 11.5. The zero-order valence-corrected chi connectivity index (χ0v) is 16.5. The Morgan fingerprint density at radius 1 is 1.14 bits per heavy atom. The summed E-state index contributed by atoms with van der Waals surface area (Å²) in [7, 11) is 0. The lowest BCUT2D eigenvalue weighted by atomic mass is 9.91. The van der Waals surface area contributed by atoms with Crippen LogP contribution in [0.1, 0.15) is 30.5 Å². The van der Waals surface area contributed by atoms with Gasteiger partial charge >= 0.3 is 6.09 Å². The van der Waals surface area contributed by atoms with Gasteiger partial charge in [0.15, 0.2) is 11.3 Å². The minimum Gasteiger partial charge on any atom is -0.465 e. The molecule has 4 heterocycles. The summed E-state index contributed by atoms with van der Waals surface area (Å²) in [5, 5.41) is 9.47. The average molecular weight is 389 g/mol. The van der Waals surface area contributed by atoms with Gasteiger partial charge in [0.2, 0.25) is 0 Å². The van der Waals surface area contributed by atoms with Gasteiger partial charge in [-0.15, -0.1) is 0 Å². The topological polar surface area (TPSA) is 75.7 Å². The molecule has 0 radical (unpaired) electrons. The Balaban J connectivity index is 1.66. The highest BCUT2D eigenvalue weighted by atomic mass is 16.4. The number of hydrogen-bond donors (Lipinski definition) is 1. The van der Waals surface area contributed by atoms with Crippen LogP contribution in [-0.4, -0.2) is 48.1 Å². The fourth-order valence-electron chi connectivity index (χ4n) is 4.52. The Morgan fingerprint density at radius 2 is 1.93 bits per heavy atom. The molecule has 1 amide bonds. The van der Waals surface area contributed by atoms with Gasteiger partial charge in [0.25, 0.3) is 0 Å². The Morgan fingerprint density at radius 3 is 2.66 bits per heavy atom. The van der Waals surface area contributed by atoms with Crippen molar-refractivity contribution in [3.05, 3.63) is 60.2 Å². The van der Waals surface area contributed by atoms with Crippen molar-refractivity contribution in [2.24, 2.45) is 5.92 Å². The molecule has 1 N–H and O–H groups in total. The van der Waals surface area contributed by atoms with E-state index in [9.17, 15) is 9.90 Å². The monoisotopic (exact) mass is 389 g/mol. The fourth-order valence-corrected chi connectivity index (χ4v) is 4.52. The molecule has 4 aromatic rings. The number of carboxylic acid groups (broad SMARTS) is 1. The van der Waals surface area contributed by atoms with E-state index in [-0.39, 0.29) is 11.8 Å². The molecular weight excluding hydrogens is 366 g/mol. The van der Waals surface area contributed by atoms with E-state index in [1.807, 2.05) is 12.4 Å². The van der Waals surface area contributed by atoms with Crippen LogP contribution >= 0.6 is 0 Å². The molecule has 5 rings (SSSR count).